The molecule has 0 spiro atoms. The monoisotopic (exact) mass is 516 g/mol. The number of nitrogens with zero attached hydrogens (tertiary/aromatic N) is 1. The van der Waals surface area contributed by atoms with E-state index in [2.05, 4.69) is 4.98 Å². The zero-order valence-electron chi connectivity index (χ0n) is 19.5. The van der Waals surface area contributed by atoms with Crippen LogP contribution in [0.4, 0.5) is 13.2 Å². The van der Waals surface area contributed by atoms with E-state index in [1.54, 1.807) is 12.1 Å². The fourth-order valence-corrected chi connectivity index (χ4v) is 5.14. The quantitative estimate of drug-likeness (QED) is 0.219. The number of aromatic nitrogens is 1. The third-order valence-electron chi connectivity index (χ3n) is 6.28. The molecular weight excluding hydrogens is 495 g/mol. The van der Waals surface area contributed by atoms with Crippen LogP contribution in [0.15, 0.2) is 103 Å². The fourth-order valence-electron chi connectivity index (χ4n) is 4.63. The van der Waals surface area contributed by atoms with Crippen molar-refractivity contribution in [3.05, 3.63) is 126 Å². The van der Waals surface area contributed by atoms with E-state index < -0.39 is 22.8 Å². The fraction of sp³-hybridized carbons (Fsp3) is 0.100. The van der Waals surface area contributed by atoms with Crippen molar-refractivity contribution in [2.24, 2.45) is 0 Å². The first-order chi connectivity index (χ1) is 17.8. The largest absolute Gasteiger partial charge is 0.772 e. The van der Waals surface area contributed by atoms with Gasteiger partial charge >= 0.3 is 6.18 Å². The van der Waals surface area contributed by atoms with Crippen LogP contribution >= 0.6 is 0 Å². The smallest absolute Gasteiger partial charge is 0.418 e. The van der Waals surface area contributed by atoms with Gasteiger partial charge in [-0.05, 0) is 57.5 Å². The maximum Gasteiger partial charge on any atom is 0.418 e. The lowest BCUT2D eigenvalue weighted by Crippen LogP contribution is -2.08. The maximum absolute atomic E-state index is 13.9. The zero-order valence-corrected chi connectivity index (χ0v) is 20.4. The van der Waals surface area contributed by atoms with Crippen LogP contribution < -0.4 is 0 Å². The third-order valence-corrected chi connectivity index (χ3v) is 6.83. The van der Waals surface area contributed by atoms with Gasteiger partial charge in [-0.1, -0.05) is 96.0 Å². The second-order valence-corrected chi connectivity index (χ2v) is 9.60. The van der Waals surface area contributed by atoms with Gasteiger partial charge in [0, 0.05) is 17.3 Å². The SMILES string of the molecule is O=S([O-])Cc1ccc(-c2ccccc2)cc1-c1c(Cc2ccccc2)cnc2c(C(F)(F)F)cccc12. The second kappa shape index (κ2) is 10.3. The van der Waals surface area contributed by atoms with Crippen molar-refractivity contribution in [3.8, 4) is 22.3 Å². The van der Waals surface area contributed by atoms with Gasteiger partial charge in [-0.3, -0.25) is 9.19 Å². The maximum atomic E-state index is 13.9. The van der Waals surface area contributed by atoms with Crippen LogP contribution in [-0.2, 0) is 29.4 Å². The standard InChI is InChI=1S/C30H22F3NO2S/c31-30(32,33)27-13-7-12-25-28(24(18-34-29(25)27)16-20-8-3-1-4-9-20)26-17-22(21-10-5-2-6-11-21)14-15-23(26)19-37(35)36/h1-15,17-18H,16,19H2,(H,35,36)/p-1. The normalized spacial score (nSPS) is 12.5. The molecule has 1 atom stereocenters. The predicted molar refractivity (Wildman–Crippen MR) is 139 cm³/mol. The number of para-hydroxylation sites is 1. The molecule has 0 radical (unpaired) electrons. The topological polar surface area (TPSA) is 53.0 Å². The minimum Gasteiger partial charge on any atom is -0.772 e. The Bertz CT molecular complexity index is 1590. The zero-order chi connectivity index (χ0) is 26.0. The van der Waals surface area contributed by atoms with Crippen LogP contribution in [0, 0.1) is 0 Å². The molecule has 0 saturated heterocycles. The van der Waals surface area contributed by atoms with E-state index in [9.17, 15) is 21.9 Å². The van der Waals surface area contributed by atoms with Crippen LogP contribution in [0.1, 0.15) is 22.3 Å². The van der Waals surface area contributed by atoms with Gasteiger partial charge in [0.15, 0.2) is 0 Å². The Labute approximate surface area is 214 Å². The van der Waals surface area contributed by atoms with E-state index in [0.717, 1.165) is 22.8 Å². The molecule has 5 aromatic rings. The van der Waals surface area contributed by atoms with E-state index in [0.29, 0.717) is 34.1 Å². The van der Waals surface area contributed by atoms with Crippen molar-refractivity contribution in [2.75, 3.05) is 0 Å². The molecule has 1 heterocycles. The summed E-state index contributed by atoms with van der Waals surface area (Å²) in [5, 5.41) is 0.325. The minimum absolute atomic E-state index is 0.166. The van der Waals surface area contributed by atoms with E-state index in [1.807, 2.05) is 72.8 Å². The molecule has 0 aliphatic rings. The summed E-state index contributed by atoms with van der Waals surface area (Å²) in [6.07, 6.45) is -2.69. The van der Waals surface area contributed by atoms with Gasteiger partial charge in [0.2, 0.25) is 0 Å². The highest BCUT2D eigenvalue weighted by Gasteiger charge is 2.34. The van der Waals surface area contributed by atoms with Gasteiger partial charge in [0.1, 0.15) is 0 Å². The van der Waals surface area contributed by atoms with Crippen molar-refractivity contribution >= 4 is 22.0 Å². The van der Waals surface area contributed by atoms with Crippen LogP contribution in [0.25, 0.3) is 33.2 Å². The molecule has 1 unspecified atom stereocenters. The highest BCUT2D eigenvalue weighted by Crippen LogP contribution is 2.41. The number of benzene rings is 4. The summed E-state index contributed by atoms with van der Waals surface area (Å²) in [6, 6.07) is 28.6. The molecule has 0 amide bonds. The predicted octanol–water partition coefficient (Wildman–Crippen LogP) is 7.56. The number of alkyl halides is 3. The molecule has 4 aromatic carbocycles. The summed E-state index contributed by atoms with van der Waals surface area (Å²) in [6.45, 7) is 0. The van der Waals surface area contributed by atoms with Crippen molar-refractivity contribution < 1.29 is 21.9 Å². The van der Waals surface area contributed by atoms with Gasteiger partial charge in [0.05, 0.1) is 11.1 Å². The lowest BCUT2D eigenvalue weighted by atomic mass is 9.88. The molecule has 0 fully saturated rings. The number of hydrogen-bond donors (Lipinski definition) is 0. The summed E-state index contributed by atoms with van der Waals surface area (Å²) in [5.74, 6) is -0.266. The lowest BCUT2D eigenvalue weighted by Gasteiger charge is -2.20. The van der Waals surface area contributed by atoms with Gasteiger partial charge in [-0.15, -0.1) is 0 Å². The number of fused-ring (bicyclic) bond motifs is 1. The molecule has 0 saturated carbocycles. The van der Waals surface area contributed by atoms with Crippen LogP contribution in [0.3, 0.4) is 0 Å². The molecule has 1 aromatic heterocycles. The number of pyridine rings is 1. The van der Waals surface area contributed by atoms with E-state index in [1.165, 1.54) is 12.3 Å². The molecule has 37 heavy (non-hydrogen) atoms. The Kier molecular flexibility index (Phi) is 6.91. The van der Waals surface area contributed by atoms with Crippen molar-refractivity contribution in [1.82, 2.24) is 4.98 Å². The van der Waals surface area contributed by atoms with Crippen LogP contribution in [-0.4, -0.2) is 13.7 Å². The first-order valence-corrected chi connectivity index (χ1v) is 12.8. The first kappa shape index (κ1) is 24.9. The third kappa shape index (κ3) is 5.33. The van der Waals surface area contributed by atoms with Crippen molar-refractivity contribution in [3.63, 3.8) is 0 Å². The second-order valence-electron chi connectivity index (χ2n) is 8.71. The average Bonchev–Trinajstić information content (AvgIpc) is 2.89. The summed E-state index contributed by atoms with van der Waals surface area (Å²) < 4.78 is 65.3. The minimum atomic E-state index is -4.59. The van der Waals surface area contributed by atoms with Crippen LogP contribution in [0.2, 0.25) is 0 Å². The first-order valence-electron chi connectivity index (χ1n) is 11.6. The summed E-state index contributed by atoms with van der Waals surface area (Å²) in [4.78, 5) is 4.26. The van der Waals surface area contributed by atoms with E-state index >= 15 is 0 Å². The number of halogens is 3. The van der Waals surface area contributed by atoms with Gasteiger partial charge in [-0.2, -0.15) is 13.2 Å². The number of rotatable bonds is 6. The Morgan fingerprint density at radius 1 is 0.784 bits per heavy atom. The molecular formula is C30H21F3NO2S-. The van der Waals surface area contributed by atoms with Crippen molar-refractivity contribution in [2.45, 2.75) is 18.3 Å². The summed E-state index contributed by atoms with van der Waals surface area (Å²) in [5.41, 5.74) is 4.06. The Morgan fingerprint density at radius 3 is 2.16 bits per heavy atom. The molecule has 3 nitrogen and oxygen atoms in total. The van der Waals surface area contributed by atoms with Gasteiger partial charge in [-0.25, -0.2) is 0 Å². The van der Waals surface area contributed by atoms with Gasteiger partial charge < -0.3 is 4.55 Å². The highest BCUT2D eigenvalue weighted by molar-refractivity contribution is 7.78. The molecule has 7 heteroatoms. The van der Waals surface area contributed by atoms with Gasteiger partial charge in [0.25, 0.3) is 0 Å². The summed E-state index contributed by atoms with van der Waals surface area (Å²) in [7, 11) is 0. The molecule has 186 valence electrons. The van der Waals surface area contributed by atoms with E-state index in [4.69, 9.17) is 0 Å². The molecule has 0 aliphatic heterocycles. The average molecular weight is 517 g/mol. The number of hydrogen-bond acceptors (Lipinski definition) is 3. The Morgan fingerprint density at radius 2 is 1.49 bits per heavy atom. The molecule has 0 bridgehead atoms. The Balaban J connectivity index is 1.83. The van der Waals surface area contributed by atoms with Crippen LogP contribution in [0.5, 0.6) is 0 Å². The summed E-state index contributed by atoms with van der Waals surface area (Å²) >= 11 is -2.39. The molecule has 5 rings (SSSR count). The molecule has 0 N–H and O–H groups in total. The van der Waals surface area contributed by atoms with Crippen molar-refractivity contribution in [1.29, 1.82) is 0 Å². The van der Waals surface area contributed by atoms with E-state index in [-0.39, 0.29) is 11.3 Å². The molecule has 0 aliphatic carbocycles. The lowest BCUT2D eigenvalue weighted by molar-refractivity contribution is -0.136. The Hall–Kier alpha value is -3.81. The highest BCUT2D eigenvalue weighted by atomic mass is 32.2.